The third kappa shape index (κ3) is 31.3. The van der Waals surface area contributed by atoms with Gasteiger partial charge in [0.2, 0.25) is 0 Å². The monoisotopic (exact) mass is 1290 g/mol. The van der Waals surface area contributed by atoms with Crippen LogP contribution < -0.4 is 20.1 Å². The van der Waals surface area contributed by atoms with Crippen molar-refractivity contribution in [3.8, 4) is 11.5 Å². The standard InChI is InChI=1S/C41H60N7O14S.C3H6O2.Eu.Gd/c49-37(50)25-42-34(26-47(27-38(51)52)7-8-48(28-39(53)54)29-40(55)56)23-31-1-3-32(4-2-31)43-41(63)44-33-5-6-35-36(24-33)62-18-13-46-11-16-59-20-19-57-14-9-45(12-17-61-35)10-15-58-21-22-60-30-46;1-2-3(4)5;;/h1-6,24,34H,7-23,25-30H2,(H,49,50)(H,51,52)(H,53,54)(H,55,56)(H2,43,44,63);2H2,1H3,(H,4,5);;/q-1;;+2;+3. The maximum atomic E-state index is 11.7. The molecule has 4 rings (SSSR count). The number of nitrogens with zero attached hydrogens (tertiary/aromatic N) is 5. The minimum absolute atomic E-state index is 0. The second-order valence-corrected chi connectivity index (χ2v) is 15.8. The summed E-state index contributed by atoms with van der Waals surface area (Å²) in [5.74, 6) is -4.40. The average molecular weight is 1290 g/mol. The molecule has 3 unspecified atom stereocenters. The largest absolute Gasteiger partial charge is 3.00 e. The van der Waals surface area contributed by atoms with Crippen molar-refractivity contribution in [2.45, 2.75) is 25.8 Å². The first kappa shape index (κ1) is 65.6. The first-order valence-electron chi connectivity index (χ1n) is 22.2. The molecule has 2 aromatic carbocycles. The molecule has 0 spiro atoms. The second-order valence-electron chi connectivity index (χ2n) is 15.4. The summed E-state index contributed by atoms with van der Waals surface area (Å²) in [6, 6.07) is 12.1. The van der Waals surface area contributed by atoms with Crippen molar-refractivity contribution >= 4 is 58.6 Å². The van der Waals surface area contributed by atoms with Crippen molar-refractivity contribution in [2.24, 2.45) is 0 Å². The maximum absolute atomic E-state index is 11.7. The molecular weight excluding hydrogens is 1220 g/mol. The number of carbonyl (C=O) groups is 5. The van der Waals surface area contributed by atoms with Crippen molar-refractivity contribution in [3.63, 3.8) is 0 Å². The number of hydrogen-bond acceptors (Lipinski definition) is 16. The van der Waals surface area contributed by atoms with Crippen molar-refractivity contribution in [1.82, 2.24) is 19.6 Å². The van der Waals surface area contributed by atoms with Crippen LogP contribution in [-0.2, 0) is 49.3 Å². The predicted octanol–water partition coefficient (Wildman–Crippen LogP) is 1.62. The fraction of sp³-hybridized carbons (Fsp3) is 0.591. The number of rotatable bonds is 19. The van der Waals surface area contributed by atoms with Crippen molar-refractivity contribution < 1.29 is 167 Å². The zero-order valence-corrected chi connectivity index (χ0v) is 44.7. The number of carboxylic acid groups (broad SMARTS) is 5. The van der Waals surface area contributed by atoms with Gasteiger partial charge in [-0.25, -0.2) is 0 Å². The molecule has 2 heterocycles. The van der Waals surface area contributed by atoms with Gasteiger partial charge in [0.1, 0.15) is 13.2 Å². The summed E-state index contributed by atoms with van der Waals surface area (Å²) < 4.78 is 35.9. The van der Waals surface area contributed by atoms with Crippen LogP contribution in [-0.4, -0.2) is 231 Å². The number of carboxylic acids is 5. The van der Waals surface area contributed by atoms with E-state index >= 15 is 0 Å². The van der Waals surface area contributed by atoms with Crippen LogP contribution in [0.3, 0.4) is 0 Å². The van der Waals surface area contributed by atoms with Crippen LogP contribution in [0, 0.1) is 89.3 Å². The number of hydrogen-bond donors (Lipinski definition) is 7. The smallest absolute Gasteiger partial charge is 0.649 e. The van der Waals surface area contributed by atoms with E-state index in [1.807, 2.05) is 30.3 Å². The second kappa shape index (κ2) is 39.1. The molecule has 2 aromatic rings. The van der Waals surface area contributed by atoms with Gasteiger partial charge >= 0.3 is 113 Å². The molecule has 2 aliphatic heterocycles. The average Bonchev–Trinajstić information content (AvgIpc) is 3.28. The summed E-state index contributed by atoms with van der Waals surface area (Å²) in [5.41, 5.74) is 2.10. The van der Waals surface area contributed by atoms with Crippen LogP contribution in [0.5, 0.6) is 11.5 Å². The minimum atomic E-state index is -1.23. The van der Waals surface area contributed by atoms with Gasteiger partial charge < -0.3 is 69.9 Å². The van der Waals surface area contributed by atoms with E-state index in [9.17, 15) is 44.4 Å². The van der Waals surface area contributed by atoms with E-state index < -0.39 is 62.1 Å². The zero-order valence-electron chi connectivity index (χ0n) is 39.2. The van der Waals surface area contributed by atoms with Crippen molar-refractivity contribution in [2.75, 3.05) is 155 Å². The van der Waals surface area contributed by atoms with Gasteiger partial charge in [-0.3, -0.25) is 43.6 Å². The Kier molecular flexibility index (Phi) is 36.7. The van der Waals surface area contributed by atoms with Crippen LogP contribution in [0.4, 0.5) is 11.4 Å². The summed E-state index contributed by atoms with van der Waals surface area (Å²) in [6.45, 7) is 7.61. The molecule has 1 fully saturated rings. The molecule has 0 saturated carbocycles. The Hall–Kier alpha value is -2.37. The van der Waals surface area contributed by atoms with Crippen LogP contribution in [0.2, 0.25) is 0 Å². The number of anilines is 2. The van der Waals surface area contributed by atoms with Crippen LogP contribution in [0.15, 0.2) is 42.5 Å². The number of nitrogens with one attached hydrogen (secondary N) is 2. The Balaban J connectivity index is 0.00000332. The van der Waals surface area contributed by atoms with Gasteiger partial charge in [0.25, 0.3) is 5.97 Å². The van der Waals surface area contributed by atoms with E-state index in [2.05, 4.69) is 25.8 Å². The molecule has 2 radical (unpaired) electrons. The van der Waals surface area contributed by atoms with E-state index in [1.165, 1.54) is 9.80 Å². The van der Waals surface area contributed by atoms with Crippen molar-refractivity contribution in [1.29, 1.82) is 0 Å². The topological polar surface area (TPSA) is 293 Å². The van der Waals surface area contributed by atoms with E-state index in [1.54, 1.807) is 19.1 Å². The van der Waals surface area contributed by atoms with Gasteiger partial charge in [-0.2, -0.15) is 0 Å². The Bertz CT molecular complexity index is 1850. The van der Waals surface area contributed by atoms with E-state index in [-0.39, 0.29) is 122 Å². The minimum Gasteiger partial charge on any atom is -0.649 e. The quantitative estimate of drug-likeness (QED) is 0.0777. The predicted molar refractivity (Wildman–Crippen MR) is 252 cm³/mol. The molecule has 26 heteroatoms. The summed E-state index contributed by atoms with van der Waals surface area (Å²) >= 11 is 5.65. The van der Waals surface area contributed by atoms with Crippen LogP contribution >= 0.6 is 12.2 Å². The molecular formula is C44H66EuGdN7O16S+4. The van der Waals surface area contributed by atoms with Gasteiger partial charge in [-0.1, -0.05) is 19.1 Å². The Morgan fingerprint density at radius 3 is 1.66 bits per heavy atom. The first-order valence-corrected chi connectivity index (χ1v) is 22.6. The molecule has 1 saturated heterocycles. The molecule has 2 bridgehead atoms. The third-order valence-electron chi connectivity index (χ3n) is 9.95. The Morgan fingerprint density at radius 1 is 0.629 bits per heavy atom. The molecule has 0 aromatic heterocycles. The molecule has 70 heavy (non-hydrogen) atoms. The van der Waals surface area contributed by atoms with Gasteiger partial charge in [0.05, 0.1) is 72.6 Å². The third-order valence-corrected chi connectivity index (χ3v) is 10.2. The van der Waals surface area contributed by atoms with E-state index in [4.69, 9.17) is 45.7 Å². The first-order chi connectivity index (χ1) is 32.7. The zero-order chi connectivity index (χ0) is 49.5. The molecule has 2 aliphatic rings. The SMILES string of the molecule is CCC(=O)O.O=C(O)C[N-]C(Cc1ccc(NC(=S)Nc2ccc3c(c2)OCCN2CCOCCOCCN(CCOCCOC2)CCO3)cc1)CN(CCN(CC(=O)O)CC(=O)O)CC(=O)O.[Eu+2].[Gd+3]. The molecule has 7 N–H and O–H groups in total. The maximum Gasteiger partial charge on any atom is 3.00 e. The van der Waals surface area contributed by atoms with Crippen LogP contribution in [0.25, 0.3) is 5.32 Å². The van der Waals surface area contributed by atoms with E-state index in [0.717, 1.165) is 5.56 Å². The Morgan fingerprint density at radius 2 is 1.10 bits per heavy atom. The number of benzene rings is 2. The molecule has 390 valence electrons. The van der Waals surface area contributed by atoms with Crippen LogP contribution in [0.1, 0.15) is 18.9 Å². The van der Waals surface area contributed by atoms with E-state index in [0.29, 0.717) is 127 Å². The number of aliphatic carboxylic acids is 5. The number of ether oxygens (including phenoxy) is 6. The summed E-state index contributed by atoms with van der Waals surface area (Å²) in [6.07, 6.45) is 0.483. The summed E-state index contributed by atoms with van der Waals surface area (Å²) in [7, 11) is 0. The van der Waals surface area contributed by atoms with Crippen molar-refractivity contribution in [3.05, 3.63) is 53.3 Å². The normalized spacial score (nSPS) is 17.5. The van der Waals surface area contributed by atoms with Gasteiger partial charge in [0.15, 0.2) is 16.6 Å². The van der Waals surface area contributed by atoms with Gasteiger partial charge in [-0.05, 0) is 61.6 Å². The molecule has 0 amide bonds. The number of fused-ring (bicyclic) bond motifs is 9. The summed E-state index contributed by atoms with van der Waals surface area (Å²) in [5, 5.41) is 55.9. The molecule has 0 aliphatic carbocycles. The fourth-order valence-corrected chi connectivity index (χ4v) is 6.80. The summed E-state index contributed by atoms with van der Waals surface area (Å²) in [4.78, 5) is 62.0. The Labute approximate surface area is 486 Å². The van der Waals surface area contributed by atoms with Gasteiger partial charge in [-0.15, -0.1) is 6.04 Å². The number of thiocarbonyl (C=S) groups is 1. The fourth-order valence-electron chi connectivity index (χ4n) is 6.57. The van der Waals surface area contributed by atoms with Gasteiger partial charge in [0, 0.05) is 69.7 Å². The molecule has 23 nitrogen and oxygen atoms in total. The molecule has 3 atom stereocenters.